The van der Waals surface area contributed by atoms with Gasteiger partial charge < -0.3 is 14.7 Å². The molecule has 0 radical (unpaired) electrons. The Morgan fingerprint density at radius 1 is 1.06 bits per heavy atom. The number of hydrogen-bond donors (Lipinski definition) is 2. The van der Waals surface area contributed by atoms with E-state index in [1.54, 1.807) is 18.3 Å². The molecule has 2 N–H and O–H groups in total. The van der Waals surface area contributed by atoms with E-state index in [4.69, 9.17) is 11.6 Å². The summed E-state index contributed by atoms with van der Waals surface area (Å²) < 4.78 is 3.41. The summed E-state index contributed by atoms with van der Waals surface area (Å²) in [7, 11) is 0. The minimum atomic E-state index is -0.959. The van der Waals surface area contributed by atoms with Gasteiger partial charge in [-0.1, -0.05) is 41.9 Å². The molecule has 4 aromatic rings. The lowest BCUT2D eigenvalue weighted by molar-refractivity contribution is -0.0211. The molecule has 2 heterocycles. The molecule has 1 fully saturated rings. The molecular weight excluding hydrogens is 478 g/mol. The number of amides is 1. The maximum absolute atomic E-state index is 13.2. The molecule has 1 amide bonds. The Hall–Kier alpha value is -3.06. The van der Waals surface area contributed by atoms with E-state index in [1.807, 2.05) is 60.4 Å². The number of carbonyl (C=O) groups excluding carboxylic acids is 1. The maximum Gasteiger partial charge on any atom is 0.253 e. The molecule has 0 aliphatic carbocycles. The Labute approximate surface area is 214 Å². The van der Waals surface area contributed by atoms with E-state index in [0.29, 0.717) is 36.5 Å². The highest BCUT2D eigenvalue weighted by Gasteiger charge is 2.35. The molecule has 5 nitrogen and oxygen atoms in total. The largest absolute Gasteiger partial charge is 0.385 e. The van der Waals surface area contributed by atoms with E-state index < -0.39 is 5.60 Å². The minimum absolute atomic E-state index is 0.0151. The van der Waals surface area contributed by atoms with E-state index in [9.17, 15) is 9.90 Å². The molecular formula is C28H26ClN3O2S. The monoisotopic (exact) mass is 503 g/mol. The average molecular weight is 504 g/mol. The van der Waals surface area contributed by atoms with Gasteiger partial charge in [-0.15, -0.1) is 0 Å². The first kappa shape index (κ1) is 23.7. The molecule has 1 aliphatic rings. The van der Waals surface area contributed by atoms with Crippen LogP contribution in [0.1, 0.15) is 34.3 Å². The highest BCUT2D eigenvalue weighted by atomic mass is 35.5. The average Bonchev–Trinajstić information content (AvgIpc) is 2.88. The number of halogens is 1. The third kappa shape index (κ3) is 5.01. The van der Waals surface area contributed by atoms with Crippen LogP contribution < -0.4 is 4.72 Å². The minimum Gasteiger partial charge on any atom is -0.385 e. The predicted octanol–water partition coefficient (Wildman–Crippen LogP) is 6.44. The number of rotatable bonds is 5. The summed E-state index contributed by atoms with van der Waals surface area (Å²) in [5.74, 6) is -0.0151. The number of aromatic nitrogens is 1. The van der Waals surface area contributed by atoms with Crippen molar-refractivity contribution in [1.29, 1.82) is 0 Å². The topological polar surface area (TPSA) is 65.5 Å². The molecule has 0 atom stereocenters. The van der Waals surface area contributed by atoms with E-state index in [2.05, 4.69) is 21.8 Å². The molecule has 0 spiro atoms. The molecule has 0 unspecified atom stereocenters. The van der Waals surface area contributed by atoms with Crippen LogP contribution in [0.2, 0.25) is 5.02 Å². The summed E-state index contributed by atoms with van der Waals surface area (Å²) in [6.45, 7) is 2.98. The summed E-state index contributed by atoms with van der Waals surface area (Å²) >= 11 is 7.62. The van der Waals surface area contributed by atoms with Crippen molar-refractivity contribution >= 4 is 46.0 Å². The van der Waals surface area contributed by atoms with E-state index in [1.165, 1.54) is 11.9 Å². The SMILES string of the molecule is Cc1cc(C(=O)N2CCC(O)(c3cccc(Cl)c3)CC2)ccc1NSc1cccc2cccnc12. The number of piperidine rings is 1. The molecule has 3 aromatic carbocycles. The number of carbonyl (C=O) groups is 1. The Morgan fingerprint density at radius 2 is 1.83 bits per heavy atom. The van der Waals surface area contributed by atoms with Crippen LogP contribution in [0.4, 0.5) is 5.69 Å². The number of aryl methyl sites for hydroxylation is 1. The van der Waals surface area contributed by atoms with Crippen LogP contribution in [-0.2, 0) is 5.60 Å². The van der Waals surface area contributed by atoms with E-state index >= 15 is 0 Å². The lowest BCUT2D eigenvalue weighted by Crippen LogP contribution is -2.45. The Balaban J connectivity index is 1.24. The molecule has 1 aromatic heterocycles. The summed E-state index contributed by atoms with van der Waals surface area (Å²) in [5, 5.41) is 12.8. The molecule has 7 heteroatoms. The first-order valence-electron chi connectivity index (χ1n) is 11.6. The first-order valence-corrected chi connectivity index (χ1v) is 12.8. The number of para-hydroxylation sites is 1. The lowest BCUT2D eigenvalue weighted by Gasteiger charge is -2.38. The van der Waals surface area contributed by atoms with Crippen molar-refractivity contribution in [3.63, 3.8) is 0 Å². The van der Waals surface area contributed by atoms with Gasteiger partial charge in [-0.3, -0.25) is 9.78 Å². The Morgan fingerprint density at radius 3 is 2.60 bits per heavy atom. The van der Waals surface area contributed by atoms with Crippen molar-refractivity contribution in [3.05, 3.63) is 101 Å². The first-order chi connectivity index (χ1) is 16.9. The summed E-state index contributed by atoms with van der Waals surface area (Å²) in [6, 6.07) is 23.2. The van der Waals surface area contributed by atoms with Gasteiger partial charge in [-0.2, -0.15) is 0 Å². The van der Waals surface area contributed by atoms with Crippen molar-refractivity contribution in [2.24, 2.45) is 0 Å². The highest BCUT2D eigenvalue weighted by molar-refractivity contribution is 8.00. The van der Waals surface area contributed by atoms with Gasteiger partial charge in [-0.25, -0.2) is 0 Å². The van der Waals surface area contributed by atoms with Crippen LogP contribution in [0, 0.1) is 6.92 Å². The third-order valence-electron chi connectivity index (χ3n) is 6.58. The van der Waals surface area contributed by atoms with E-state index in [-0.39, 0.29) is 5.91 Å². The predicted molar refractivity (Wildman–Crippen MR) is 143 cm³/mol. The van der Waals surface area contributed by atoms with Crippen molar-refractivity contribution in [3.8, 4) is 0 Å². The zero-order chi connectivity index (χ0) is 24.4. The summed E-state index contributed by atoms with van der Waals surface area (Å²) in [5.41, 5.74) is 3.40. The molecule has 178 valence electrons. The second-order valence-electron chi connectivity index (χ2n) is 8.90. The number of aliphatic hydroxyl groups is 1. The normalized spacial score (nSPS) is 15.2. The molecule has 5 rings (SSSR count). The van der Waals surface area contributed by atoms with Gasteiger partial charge in [0.2, 0.25) is 0 Å². The van der Waals surface area contributed by atoms with Crippen LogP contribution in [0.3, 0.4) is 0 Å². The van der Waals surface area contributed by atoms with Crippen molar-refractivity contribution in [2.75, 3.05) is 17.8 Å². The van der Waals surface area contributed by atoms with E-state index in [0.717, 1.165) is 32.6 Å². The highest BCUT2D eigenvalue weighted by Crippen LogP contribution is 2.35. The van der Waals surface area contributed by atoms with Crippen LogP contribution in [0.25, 0.3) is 10.9 Å². The summed E-state index contributed by atoms with van der Waals surface area (Å²) in [6.07, 6.45) is 2.76. The number of benzene rings is 3. The summed E-state index contributed by atoms with van der Waals surface area (Å²) in [4.78, 5) is 20.5. The molecule has 0 bridgehead atoms. The fraction of sp³-hybridized carbons (Fsp3) is 0.214. The van der Waals surface area contributed by atoms with Gasteiger partial charge in [0.15, 0.2) is 0 Å². The smallest absolute Gasteiger partial charge is 0.253 e. The maximum atomic E-state index is 13.2. The van der Waals surface area contributed by atoms with Gasteiger partial charge in [0.25, 0.3) is 5.91 Å². The van der Waals surface area contributed by atoms with Crippen LogP contribution >= 0.6 is 23.5 Å². The quantitative estimate of drug-likeness (QED) is 0.307. The second kappa shape index (κ2) is 9.90. The number of anilines is 1. The number of hydrogen-bond acceptors (Lipinski definition) is 5. The van der Waals surface area contributed by atoms with Crippen LogP contribution in [-0.4, -0.2) is 34.0 Å². The fourth-order valence-corrected chi connectivity index (χ4v) is 5.56. The van der Waals surface area contributed by atoms with Crippen molar-refractivity contribution < 1.29 is 9.90 Å². The Kier molecular flexibility index (Phi) is 6.69. The van der Waals surface area contributed by atoms with Crippen molar-refractivity contribution in [2.45, 2.75) is 30.3 Å². The van der Waals surface area contributed by atoms with Gasteiger partial charge >= 0.3 is 0 Å². The van der Waals surface area contributed by atoms with Gasteiger partial charge in [-0.05, 0) is 85.3 Å². The third-order valence-corrected chi connectivity index (χ3v) is 7.69. The zero-order valence-electron chi connectivity index (χ0n) is 19.4. The lowest BCUT2D eigenvalue weighted by atomic mass is 9.84. The number of nitrogens with zero attached hydrogens (tertiary/aromatic N) is 2. The van der Waals surface area contributed by atoms with Crippen LogP contribution in [0.5, 0.6) is 0 Å². The number of pyridine rings is 1. The fourth-order valence-electron chi connectivity index (χ4n) is 4.51. The standard InChI is InChI=1S/C28H26ClN3O2S/c1-19-17-21(10-11-24(19)31-35-25-9-2-5-20-6-4-14-30-26(20)25)27(33)32-15-12-28(34,13-16-32)22-7-3-8-23(29)18-22/h2-11,14,17-18,31,34H,12-13,15-16H2,1H3. The van der Waals surface area contributed by atoms with Crippen LogP contribution in [0.15, 0.2) is 83.9 Å². The second-order valence-corrected chi connectivity index (χ2v) is 10.2. The van der Waals surface area contributed by atoms with Gasteiger partial charge in [0.05, 0.1) is 16.0 Å². The number of fused-ring (bicyclic) bond motifs is 1. The zero-order valence-corrected chi connectivity index (χ0v) is 20.9. The number of likely N-dealkylation sites (tertiary alicyclic amines) is 1. The Bertz CT molecular complexity index is 1380. The molecule has 1 saturated heterocycles. The van der Waals surface area contributed by atoms with Gasteiger partial charge in [0.1, 0.15) is 0 Å². The number of nitrogens with one attached hydrogen (secondary N) is 1. The molecule has 0 saturated carbocycles. The molecule has 35 heavy (non-hydrogen) atoms. The molecule has 1 aliphatic heterocycles. The van der Waals surface area contributed by atoms with Gasteiger partial charge in [0, 0.05) is 40.9 Å². The van der Waals surface area contributed by atoms with Crippen molar-refractivity contribution in [1.82, 2.24) is 9.88 Å².